The summed E-state index contributed by atoms with van der Waals surface area (Å²) in [4.78, 5) is 38.4. The molecule has 1 heterocycles. The van der Waals surface area contributed by atoms with Gasteiger partial charge in [-0.2, -0.15) is 0 Å². The highest BCUT2D eigenvalue weighted by molar-refractivity contribution is 6.46. The number of aryl methyl sites for hydroxylation is 1. The van der Waals surface area contributed by atoms with Crippen LogP contribution in [-0.4, -0.2) is 23.8 Å². The fraction of sp³-hybridized carbons (Fsp3) is 0.0833. The number of imide groups is 1. The predicted molar refractivity (Wildman–Crippen MR) is 120 cm³/mol. The highest BCUT2D eigenvalue weighted by atomic mass is 16.6. The smallest absolute Gasteiger partial charge is 0.282 e. The van der Waals surface area contributed by atoms with Gasteiger partial charge in [0, 0.05) is 17.8 Å². The topological polar surface area (TPSA) is 102 Å². The Balaban J connectivity index is 1.80. The molecule has 8 heteroatoms. The first kappa shape index (κ1) is 20.8. The van der Waals surface area contributed by atoms with Gasteiger partial charge < -0.3 is 10.1 Å². The van der Waals surface area contributed by atoms with Crippen LogP contribution in [0, 0.1) is 17.0 Å². The molecule has 0 bridgehead atoms. The number of methoxy groups -OCH3 is 1. The largest absolute Gasteiger partial charge is 0.497 e. The van der Waals surface area contributed by atoms with E-state index in [9.17, 15) is 19.7 Å². The van der Waals surface area contributed by atoms with Crippen LogP contribution in [0.1, 0.15) is 11.1 Å². The molecule has 0 unspecified atom stereocenters. The third kappa shape index (κ3) is 3.81. The first-order valence-corrected chi connectivity index (χ1v) is 9.74. The van der Waals surface area contributed by atoms with Crippen molar-refractivity contribution in [2.75, 3.05) is 17.3 Å². The van der Waals surface area contributed by atoms with Crippen LogP contribution in [0.15, 0.2) is 78.5 Å². The van der Waals surface area contributed by atoms with Crippen LogP contribution in [-0.2, 0) is 9.59 Å². The zero-order valence-corrected chi connectivity index (χ0v) is 17.4. The molecule has 1 N–H and O–H groups in total. The van der Waals surface area contributed by atoms with Gasteiger partial charge in [-0.05, 0) is 66.6 Å². The van der Waals surface area contributed by atoms with Gasteiger partial charge in [-0.15, -0.1) is 0 Å². The van der Waals surface area contributed by atoms with E-state index in [1.54, 1.807) is 49.6 Å². The molecule has 0 radical (unpaired) electrons. The molecule has 0 fully saturated rings. The molecule has 8 nitrogen and oxygen atoms in total. The first-order valence-electron chi connectivity index (χ1n) is 9.74. The van der Waals surface area contributed by atoms with E-state index in [0.717, 1.165) is 10.5 Å². The fourth-order valence-corrected chi connectivity index (χ4v) is 3.48. The minimum Gasteiger partial charge on any atom is -0.497 e. The van der Waals surface area contributed by atoms with Crippen LogP contribution in [0.25, 0.3) is 5.57 Å². The average molecular weight is 429 g/mol. The molecule has 160 valence electrons. The van der Waals surface area contributed by atoms with Crippen LogP contribution in [0.3, 0.4) is 0 Å². The van der Waals surface area contributed by atoms with Gasteiger partial charge in [0.25, 0.3) is 17.5 Å². The van der Waals surface area contributed by atoms with Gasteiger partial charge in [0.15, 0.2) is 0 Å². The lowest BCUT2D eigenvalue weighted by Gasteiger charge is -2.16. The maximum absolute atomic E-state index is 13.4. The molecular formula is C24H19N3O5. The lowest BCUT2D eigenvalue weighted by Crippen LogP contribution is -2.32. The summed E-state index contributed by atoms with van der Waals surface area (Å²) in [7, 11) is 1.55. The number of nitrogens with zero attached hydrogens (tertiary/aromatic N) is 2. The highest BCUT2D eigenvalue weighted by Crippen LogP contribution is 2.34. The Hall–Kier alpha value is -4.46. The number of anilines is 2. The second-order valence-electron chi connectivity index (χ2n) is 7.19. The molecule has 2 amide bonds. The Morgan fingerprint density at radius 2 is 1.62 bits per heavy atom. The van der Waals surface area contributed by atoms with Crippen LogP contribution < -0.4 is 15.0 Å². The molecule has 3 aromatic rings. The van der Waals surface area contributed by atoms with Crippen molar-refractivity contribution in [3.8, 4) is 5.75 Å². The van der Waals surface area contributed by atoms with Crippen molar-refractivity contribution in [3.05, 3.63) is 99.7 Å². The molecule has 0 saturated heterocycles. The van der Waals surface area contributed by atoms with E-state index in [2.05, 4.69) is 5.32 Å². The molecule has 1 aliphatic rings. The number of nitro benzene ring substituents is 1. The van der Waals surface area contributed by atoms with Gasteiger partial charge in [0.1, 0.15) is 11.4 Å². The Morgan fingerprint density at radius 3 is 2.22 bits per heavy atom. The monoisotopic (exact) mass is 429 g/mol. The van der Waals surface area contributed by atoms with E-state index in [1.165, 1.54) is 24.3 Å². The normalized spacial score (nSPS) is 13.5. The second-order valence-corrected chi connectivity index (χ2v) is 7.19. The van der Waals surface area contributed by atoms with E-state index >= 15 is 0 Å². The number of nitrogens with one attached hydrogen (secondary N) is 1. The number of benzene rings is 3. The summed E-state index contributed by atoms with van der Waals surface area (Å²) in [5, 5.41) is 14.1. The summed E-state index contributed by atoms with van der Waals surface area (Å²) >= 11 is 0. The molecule has 32 heavy (non-hydrogen) atoms. The molecule has 1 aliphatic heterocycles. The number of ether oxygens (including phenoxy) is 1. The number of rotatable bonds is 6. The lowest BCUT2D eigenvalue weighted by molar-refractivity contribution is -0.384. The molecule has 0 aromatic heterocycles. The number of non-ortho nitro benzene ring substituents is 1. The molecule has 4 rings (SSSR count). The molecule has 3 aromatic carbocycles. The Kier molecular flexibility index (Phi) is 5.43. The number of nitro groups is 1. The van der Waals surface area contributed by atoms with E-state index < -0.39 is 16.7 Å². The van der Waals surface area contributed by atoms with Crippen molar-refractivity contribution in [3.63, 3.8) is 0 Å². The zero-order valence-electron chi connectivity index (χ0n) is 17.4. The summed E-state index contributed by atoms with van der Waals surface area (Å²) in [6, 6.07) is 19.5. The van der Waals surface area contributed by atoms with E-state index in [4.69, 9.17) is 4.74 Å². The quantitative estimate of drug-likeness (QED) is 0.356. The molecular weight excluding hydrogens is 410 g/mol. The zero-order chi connectivity index (χ0) is 22.8. The van der Waals surface area contributed by atoms with Gasteiger partial charge in [-0.3, -0.25) is 19.7 Å². The van der Waals surface area contributed by atoms with E-state index in [-0.39, 0.29) is 17.0 Å². The lowest BCUT2D eigenvalue weighted by atomic mass is 10.0. The number of hydrogen-bond donors (Lipinski definition) is 1. The Bertz CT molecular complexity index is 1250. The minimum atomic E-state index is -0.519. The third-order valence-corrected chi connectivity index (χ3v) is 5.07. The summed E-state index contributed by atoms with van der Waals surface area (Å²) < 4.78 is 5.16. The summed E-state index contributed by atoms with van der Waals surface area (Å²) in [6.07, 6.45) is 0. The van der Waals surface area contributed by atoms with Crippen molar-refractivity contribution in [1.29, 1.82) is 0 Å². The maximum atomic E-state index is 13.4. The van der Waals surface area contributed by atoms with Crippen molar-refractivity contribution in [2.45, 2.75) is 6.92 Å². The third-order valence-electron chi connectivity index (χ3n) is 5.07. The predicted octanol–water partition coefficient (Wildman–Crippen LogP) is 4.31. The number of amides is 2. The summed E-state index contributed by atoms with van der Waals surface area (Å²) in [5.41, 5.74) is 2.47. The van der Waals surface area contributed by atoms with Crippen LogP contribution >= 0.6 is 0 Å². The first-order chi connectivity index (χ1) is 15.4. The fourth-order valence-electron chi connectivity index (χ4n) is 3.48. The SMILES string of the molecule is COc1ccc(NC2=C(c3ccc([N+](=O)[O-])cc3)C(=O)N(c3cccc(C)c3)C2=O)cc1. The summed E-state index contributed by atoms with van der Waals surface area (Å²) in [6.45, 7) is 1.87. The number of carbonyl (C=O) groups is 2. The van der Waals surface area contributed by atoms with Gasteiger partial charge >= 0.3 is 0 Å². The van der Waals surface area contributed by atoms with Gasteiger partial charge in [-0.25, -0.2) is 4.90 Å². The Morgan fingerprint density at radius 1 is 0.938 bits per heavy atom. The Labute approximate surface area is 183 Å². The van der Waals surface area contributed by atoms with Gasteiger partial charge in [-0.1, -0.05) is 12.1 Å². The number of hydrogen-bond acceptors (Lipinski definition) is 6. The molecule has 0 spiro atoms. The van der Waals surface area contributed by atoms with Crippen molar-refractivity contribution in [1.82, 2.24) is 0 Å². The number of carbonyl (C=O) groups excluding carboxylic acids is 2. The molecule has 0 aliphatic carbocycles. The van der Waals surface area contributed by atoms with Gasteiger partial charge in [0.2, 0.25) is 0 Å². The maximum Gasteiger partial charge on any atom is 0.282 e. The molecule has 0 saturated carbocycles. The van der Waals surface area contributed by atoms with Gasteiger partial charge in [0.05, 0.1) is 23.3 Å². The molecule has 0 atom stereocenters. The van der Waals surface area contributed by atoms with E-state index in [1.807, 2.05) is 13.0 Å². The van der Waals surface area contributed by atoms with Crippen molar-refractivity contribution >= 4 is 34.4 Å². The summed E-state index contributed by atoms with van der Waals surface area (Å²) in [5.74, 6) is -0.370. The second kappa shape index (κ2) is 8.35. The average Bonchev–Trinajstić information content (AvgIpc) is 3.03. The van der Waals surface area contributed by atoms with E-state index in [0.29, 0.717) is 22.7 Å². The van der Waals surface area contributed by atoms with Crippen LogP contribution in [0.5, 0.6) is 5.75 Å². The van der Waals surface area contributed by atoms with Crippen molar-refractivity contribution in [2.24, 2.45) is 0 Å². The highest BCUT2D eigenvalue weighted by Gasteiger charge is 2.40. The van der Waals surface area contributed by atoms with Crippen molar-refractivity contribution < 1.29 is 19.2 Å². The van der Waals surface area contributed by atoms with Crippen LogP contribution in [0.4, 0.5) is 17.1 Å². The van der Waals surface area contributed by atoms with Crippen LogP contribution in [0.2, 0.25) is 0 Å². The standard InChI is InChI=1S/C24H19N3O5/c1-15-4-3-5-19(14-15)26-23(28)21(16-6-10-18(11-7-16)27(30)31)22(24(26)29)25-17-8-12-20(32-2)13-9-17/h3-14,25H,1-2H3. The minimum absolute atomic E-state index is 0.0931.